The summed E-state index contributed by atoms with van der Waals surface area (Å²) in [6.07, 6.45) is 3.23. The maximum atomic E-state index is 11.3. The number of thiophene rings is 2. The Morgan fingerprint density at radius 1 is 1.19 bits per heavy atom. The number of esters is 1. The number of carbonyl (C=O) groups excluding carboxylic acids is 1. The van der Waals surface area contributed by atoms with Crippen LogP contribution < -0.4 is 0 Å². The van der Waals surface area contributed by atoms with Crippen LogP contribution in [0.5, 0.6) is 0 Å². The van der Waals surface area contributed by atoms with E-state index in [0.29, 0.717) is 0 Å². The summed E-state index contributed by atoms with van der Waals surface area (Å²) in [5.41, 5.74) is 3.05. The van der Waals surface area contributed by atoms with Gasteiger partial charge < -0.3 is 9.72 Å². The van der Waals surface area contributed by atoms with Crippen molar-refractivity contribution in [2.24, 2.45) is 0 Å². The molecule has 3 heterocycles. The topological polar surface area (TPSA) is 42.1 Å². The summed E-state index contributed by atoms with van der Waals surface area (Å²) in [7, 11) is 1.38. The van der Waals surface area contributed by atoms with Crippen molar-refractivity contribution >= 4 is 34.7 Å². The molecule has 106 valence electrons. The Morgan fingerprint density at radius 2 is 1.90 bits per heavy atom. The van der Waals surface area contributed by atoms with Crippen LogP contribution in [0.1, 0.15) is 5.56 Å². The average Bonchev–Trinajstić information content (AvgIpc) is 3.23. The number of hydrogen-bond donors (Lipinski definition) is 1. The zero-order valence-electron chi connectivity index (χ0n) is 11.3. The van der Waals surface area contributed by atoms with Gasteiger partial charge in [0.2, 0.25) is 0 Å². The molecule has 0 bridgehead atoms. The molecule has 3 aromatic rings. The molecule has 0 saturated heterocycles. The number of carbonyl (C=O) groups is 1. The lowest BCUT2D eigenvalue weighted by molar-refractivity contribution is -0.134. The van der Waals surface area contributed by atoms with E-state index in [9.17, 15) is 4.79 Å². The van der Waals surface area contributed by atoms with Crippen LogP contribution in [0.4, 0.5) is 0 Å². The highest BCUT2D eigenvalue weighted by atomic mass is 32.1. The second kappa shape index (κ2) is 6.11. The van der Waals surface area contributed by atoms with Gasteiger partial charge in [0, 0.05) is 11.6 Å². The molecule has 0 unspecified atom stereocenters. The van der Waals surface area contributed by atoms with Gasteiger partial charge in [-0.3, -0.25) is 0 Å². The number of aromatic amines is 1. The Morgan fingerprint density at radius 3 is 2.52 bits per heavy atom. The molecule has 0 aliphatic heterocycles. The van der Waals surface area contributed by atoms with Crippen LogP contribution in [0.2, 0.25) is 0 Å². The van der Waals surface area contributed by atoms with Crippen molar-refractivity contribution < 1.29 is 9.53 Å². The SMILES string of the molecule is COC(=O)C=Cc1cc(-c2cccs2)[nH]c1-c1cccs1. The summed E-state index contributed by atoms with van der Waals surface area (Å²) >= 11 is 3.34. The van der Waals surface area contributed by atoms with Gasteiger partial charge in [-0.25, -0.2) is 4.79 Å². The van der Waals surface area contributed by atoms with Gasteiger partial charge in [0.15, 0.2) is 0 Å². The molecule has 3 aromatic heterocycles. The van der Waals surface area contributed by atoms with Crippen LogP contribution in [0.25, 0.3) is 27.2 Å². The van der Waals surface area contributed by atoms with E-state index in [1.807, 2.05) is 22.9 Å². The number of methoxy groups -OCH3 is 1. The monoisotopic (exact) mass is 315 g/mol. The fraction of sp³-hybridized carbons (Fsp3) is 0.0625. The Labute approximate surface area is 130 Å². The first-order valence-corrected chi connectivity index (χ1v) is 8.10. The lowest BCUT2D eigenvalue weighted by Gasteiger charge is -1.96. The smallest absolute Gasteiger partial charge is 0.330 e. The van der Waals surface area contributed by atoms with Crippen molar-refractivity contribution in [2.45, 2.75) is 0 Å². The summed E-state index contributed by atoms with van der Waals surface area (Å²) in [6, 6.07) is 10.2. The Hall–Kier alpha value is -2.11. The normalized spacial score (nSPS) is 11.1. The molecular weight excluding hydrogens is 302 g/mol. The number of hydrogen-bond acceptors (Lipinski definition) is 4. The highest BCUT2D eigenvalue weighted by molar-refractivity contribution is 7.14. The molecule has 0 radical (unpaired) electrons. The van der Waals surface area contributed by atoms with Crippen molar-refractivity contribution in [2.75, 3.05) is 7.11 Å². The number of rotatable bonds is 4. The Kier molecular flexibility index (Phi) is 4.03. The molecule has 0 aliphatic carbocycles. The summed E-state index contributed by atoms with van der Waals surface area (Å²) < 4.78 is 4.65. The zero-order chi connectivity index (χ0) is 14.7. The molecule has 0 saturated carbocycles. The van der Waals surface area contributed by atoms with Crippen molar-refractivity contribution in [3.05, 3.63) is 52.7 Å². The van der Waals surface area contributed by atoms with Crippen LogP contribution in [0, 0.1) is 0 Å². The van der Waals surface area contributed by atoms with Crippen molar-refractivity contribution in [1.29, 1.82) is 0 Å². The lowest BCUT2D eigenvalue weighted by atomic mass is 10.2. The largest absolute Gasteiger partial charge is 0.466 e. The molecule has 0 aliphatic rings. The zero-order valence-corrected chi connectivity index (χ0v) is 13.0. The van der Waals surface area contributed by atoms with Gasteiger partial charge in [0.25, 0.3) is 0 Å². The highest BCUT2D eigenvalue weighted by Gasteiger charge is 2.11. The summed E-state index contributed by atoms with van der Waals surface area (Å²) in [6.45, 7) is 0. The number of ether oxygens (including phenoxy) is 1. The molecule has 21 heavy (non-hydrogen) atoms. The fourth-order valence-corrected chi connectivity index (χ4v) is 3.46. The minimum Gasteiger partial charge on any atom is -0.466 e. The van der Waals surface area contributed by atoms with Gasteiger partial charge in [0.1, 0.15) is 0 Å². The molecule has 0 spiro atoms. The first-order chi connectivity index (χ1) is 10.3. The number of aromatic nitrogens is 1. The molecule has 0 atom stereocenters. The molecule has 3 nitrogen and oxygen atoms in total. The van der Waals surface area contributed by atoms with Crippen LogP contribution in [0.3, 0.4) is 0 Å². The van der Waals surface area contributed by atoms with Crippen LogP contribution in [-0.4, -0.2) is 18.1 Å². The Balaban J connectivity index is 2.04. The van der Waals surface area contributed by atoms with Crippen molar-refractivity contribution in [3.8, 4) is 21.1 Å². The third kappa shape index (κ3) is 2.99. The van der Waals surface area contributed by atoms with Gasteiger partial charge in [-0.2, -0.15) is 0 Å². The molecular formula is C16H13NO2S2. The molecule has 0 fully saturated rings. The van der Waals surface area contributed by atoms with Gasteiger partial charge in [0.05, 0.1) is 28.3 Å². The van der Waals surface area contributed by atoms with Gasteiger partial charge >= 0.3 is 5.97 Å². The average molecular weight is 315 g/mol. The second-order valence-corrected chi connectivity index (χ2v) is 6.22. The predicted molar refractivity (Wildman–Crippen MR) is 88.5 cm³/mol. The second-order valence-electron chi connectivity index (χ2n) is 4.32. The van der Waals surface area contributed by atoms with Gasteiger partial charge in [-0.15, -0.1) is 22.7 Å². The molecule has 3 rings (SSSR count). The summed E-state index contributed by atoms with van der Waals surface area (Å²) in [5, 5.41) is 4.08. The fourth-order valence-electron chi connectivity index (χ4n) is 2.02. The highest BCUT2D eigenvalue weighted by Crippen LogP contribution is 2.33. The predicted octanol–water partition coefficient (Wildman–Crippen LogP) is 4.66. The van der Waals surface area contributed by atoms with E-state index in [1.165, 1.54) is 18.1 Å². The van der Waals surface area contributed by atoms with Crippen LogP contribution >= 0.6 is 22.7 Å². The van der Waals surface area contributed by atoms with E-state index in [2.05, 4.69) is 27.9 Å². The standard InChI is InChI=1S/C16H13NO2S2/c1-19-15(18)7-6-11-10-12(13-4-2-8-20-13)17-16(11)14-5-3-9-21-14/h2-10,17H,1H3. The Bertz CT molecular complexity index is 752. The molecule has 0 amide bonds. The van der Waals surface area contributed by atoms with Crippen molar-refractivity contribution in [3.63, 3.8) is 0 Å². The van der Waals surface area contributed by atoms with E-state index in [1.54, 1.807) is 28.7 Å². The lowest BCUT2D eigenvalue weighted by Crippen LogP contribution is -1.93. The molecule has 0 aromatic carbocycles. The molecule has 5 heteroatoms. The van der Waals surface area contributed by atoms with E-state index in [4.69, 9.17) is 0 Å². The van der Waals surface area contributed by atoms with E-state index in [0.717, 1.165) is 21.8 Å². The minimum atomic E-state index is -0.356. The van der Waals surface area contributed by atoms with E-state index >= 15 is 0 Å². The van der Waals surface area contributed by atoms with Crippen molar-refractivity contribution in [1.82, 2.24) is 4.98 Å². The first kappa shape index (κ1) is 13.9. The van der Waals surface area contributed by atoms with Gasteiger partial charge in [-0.05, 0) is 35.0 Å². The third-order valence-electron chi connectivity index (χ3n) is 3.00. The maximum Gasteiger partial charge on any atom is 0.330 e. The van der Waals surface area contributed by atoms with Crippen LogP contribution in [-0.2, 0) is 9.53 Å². The summed E-state index contributed by atoms with van der Waals surface area (Å²) in [4.78, 5) is 17.1. The maximum absolute atomic E-state index is 11.3. The van der Waals surface area contributed by atoms with E-state index < -0.39 is 0 Å². The van der Waals surface area contributed by atoms with Gasteiger partial charge in [-0.1, -0.05) is 12.1 Å². The summed E-state index contributed by atoms with van der Waals surface area (Å²) in [5.74, 6) is -0.356. The first-order valence-electron chi connectivity index (χ1n) is 6.34. The van der Waals surface area contributed by atoms with E-state index in [-0.39, 0.29) is 5.97 Å². The number of nitrogens with one attached hydrogen (secondary N) is 1. The van der Waals surface area contributed by atoms with Crippen LogP contribution in [0.15, 0.2) is 47.2 Å². The minimum absolute atomic E-state index is 0.356. The quantitative estimate of drug-likeness (QED) is 0.562. The third-order valence-corrected chi connectivity index (χ3v) is 4.79. The number of H-pyrrole nitrogens is 1. The molecule has 1 N–H and O–H groups in total.